The van der Waals surface area contributed by atoms with E-state index in [0.717, 1.165) is 28.2 Å². The molecule has 2 rings (SSSR count). The van der Waals surface area contributed by atoms with E-state index in [4.69, 9.17) is 14.2 Å². The summed E-state index contributed by atoms with van der Waals surface area (Å²) in [6.45, 7) is 7.61. The molecule has 0 heterocycles. The van der Waals surface area contributed by atoms with Crippen LogP contribution in [0, 0.1) is 5.41 Å². The zero-order chi connectivity index (χ0) is 18.3. The lowest BCUT2D eigenvalue weighted by atomic mass is 9.84. The van der Waals surface area contributed by atoms with Gasteiger partial charge in [0.15, 0.2) is 0 Å². The Hall–Kier alpha value is -2.26. The van der Waals surface area contributed by atoms with E-state index in [9.17, 15) is 0 Å². The van der Waals surface area contributed by atoms with E-state index in [-0.39, 0.29) is 5.41 Å². The van der Waals surface area contributed by atoms with Gasteiger partial charge in [-0.2, -0.15) is 0 Å². The lowest BCUT2D eigenvalue weighted by Gasteiger charge is -2.26. The van der Waals surface area contributed by atoms with Crippen molar-refractivity contribution in [2.45, 2.75) is 27.4 Å². The molecule has 0 atom stereocenters. The first kappa shape index (κ1) is 19.1. The summed E-state index contributed by atoms with van der Waals surface area (Å²) < 4.78 is 17.1. The van der Waals surface area contributed by atoms with Crippen LogP contribution in [-0.4, -0.2) is 20.8 Å². The molecule has 0 bridgehead atoms. The van der Waals surface area contributed by atoms with Gasteiger partial charge in [0.05, 0.1) is 27.4 Å². The largest absolute Gasteiger partial charge is 0.497 e. The number of ether oxygens (including phenoxy) is 3. The molecule has 2 aromatic rings. The lowest BCUT2D eigenvalue weighted by molar-refractivity contribution is 0.129. The standard InChI is InChI=1S/C22H28O3/c1-22(2,3)20(16-25-15-17-10-7-6-8-11-17)21(24-5)18-12-9-13-19(14-18)23-4/h6-14H,15-16H2,1-5H3/b21-20+. The van der Waals surface area contributed by atoms with E-state index < -0.39 is 0 Å². The fourth-order valence-corrected chi connectivity index (χ4v) is 2.65. The van der Waals surface area contributed by atoms with Crippen LogP contribution < -0.4 is 4.74 Å². The van der Waals surface area contributed by atoms with Gasteiger partial charge >= 0.3 is 0 Å². The summed E-state index contributed by atoms with van der Waals surface area (Å²) in [6, 6.07) is 18.1. The van der Waals surface area contributed by atoms with E-state index in [1.807, 2.05) is 42.5 Å². The molecule has 0 spiro atoms. The summed E-state index contributed by atoms with van der Waals surface area (Å²) in [6.07, 6.45) is 0. The molecule has 0 aromatic heterocycles. The fourth-order valence-electron chi connectivity index (χ4n) is 2.65. The molecule has 0 N–H and O–H groups in total. The Balaban J connectivity index is 2.27. The van der Waals surface area contributed by atoms with Crippen molar-refractivity contribution in [3.8, 4) is 5.75 Å². The van der Waals surface area contributed by atoms with Gasteiger partial charge in [0.1, 0.15) is 11.5 Å². The number of methoxy groups -OCH3 is 2. The summed E-state index contributed by atoms with van der Waals surface area (Å²) in [7, 11) is 3.38. The Morgan fingerprint density at radius 1 is 0.920 bits per heavy atom. The van der Waals surface area contributed by atoms with Gasteiger partial charge in [-0.15, -0.1) is 0 Å². The average molecular weight is 340 g/mol. The van der Waals surface area contributed by atoms with Crippen molar-refractivity contribution in [3.63, 3.8) is 0 Å². The first-order valence-electron chi connectivity index (χ1n) is 8.49. The summed E-state index contributed by atoms with van der Waals surface area (Å²) in [4.78, 5) is 0. The average Bonchev–Trinajstić information content (AvgIpc) is 2.61. The quantitative estimate of drug-likeness (QED) is 0.639. The zero-order valence-corrected chi connectivity index (χ0v) is 15.8. The molecule has 0 amide bonds. The normalized spacial score (nSPS) is 12.5. The third-order valence-corrected chi connectivity index (χ3v) is 4.07. The second-order valence-electron chi connectivity index (χ2n) is 6.97. The molecule has 3 heteroatoms. The topological polar surface area (TPSA) is 27.7 Å². The van der Waals surface area contributed by atoms with Gasteiger partial charge in [-0.25, -0.2) is 0 Å². The van der Waals surface area contributed by atoms with Crippen LogP contribution >= 0.6 is 0 Å². The fraction of sp³-hybridized carbons (Fsp3) is 0.364. The van der Waals surface area contributed by atoms with Crippen molar-refractivity contribution in [3.05, 3.63) is 71.3 Å². The number of benzene rings is 2. The van der Waals surface area contributed by atoms with Crippen molar-refractivity contribution in [2.75, 3.05) is 20.8 Å². The van der Waals surface area contributed by atoms with Crippen LogP contribution in [-0.2, 0) is 16.1 Å². The minimum atomic E-state index is -0.0783. The van der Waals surface area contributed by atoms with E-state index in [1.54, 1.807) is 14.2 Å². The molecular formula is C22H28O3. The molecule has 0 aliphatic heterocycles. The van der Waals surface area contributed by atoms with Crippen LogP contribution in [0.1, 0.15) is 31.9 Å². The minimum Gasteiger partial charge on any atom is -0.497 e. The molecule has 2 aromatic carbocycles. The van der Waals surface area contributed by atoms with Gasteiger partial charge in [-0.05, 0) is 23.1 Å². The van der Waals surface area contributed by atoms with Gasteiger partial charge in [0, 0.05) is 11.1 Å². The lowest BCUT2D eigenvalue weighted by Crippen LogP contribution is -2.17. The Bertz CT molecular complexity index is 697. The van der Waals surface area contributed by atoms with Gasteiger partial charge in [-0.3, -0.25) is 0 Å². The van der Waals surface area contributed by atoms with E-state index in [0.29, 0.717) is 13.2 Å². The molecule has 0 unspecified atom stereocenters. The number of hydrogen-bond donors (Lipinski definition) is 0. The van der Waals surface area contributed by atoms with Gasteiger partial charge in [0.2, 0.25) is 0 Å². The minimum absolute atomic E-state index is 0.0783. The molecule has 0 aliphatic rings. The second-order valence-corrected chi connectivity index (χ2v) is 6.97. The van der Waals surface area contributed by atoms with Gasteiger partial charge in [0.25, 0.3) is 0 Å². The van der Waals surface area contributed by atoms with Crippen LogP contribution in [0.25, 0.3) is 5.76 Å². The Morgan fingerprint density at radius 2 is 1.64 bits per heavy atom. The third kappa shape index (κ3) is 5.36. The Morgan fingerprint density at radius 3 is 2.24 bits per heavy atom. The first-order valence-corrected chi connectivity index (χ1v) is 8.49. The highest BCUT2D eigenvalue weighted by atomic mass is 16.5. The van der Waals surface area contributed by atoms with Crippen molar-refractivity contribution in [1.29, 1.82) is 0 Å². The predicted octanol–water partition coefficient (Wildman–Crippen LogP) is 5.32. The number of hydrogen-bond acceptors (Lipinski definition) is 3. The molecule has 3 nitrogen and oxygen atoms in total. The van der Waals surface area contributed by atoms with Crippen molar-refractivity contribution in [1.82, 2.24) is 0 Å². The summed E-state index contributed by atoms with van der Waals surface area (Å²) in [5, 5.41) is 0. The highest BCUT2D eigenvalue weighted by Gasteiger charge is 2.23. The summed E-state index contributed by atoms with van der Waals surface area (Å²) >= 11 is 0. The maximum atomic E-state index is 6.00. The van der Waals surface area contributed by atoms with E-state index in [1.165, 1.54) is 0 Å². The SMILES string of the molecule is CO/C(=C(\COCc1ccccc1)C(C)(C)C)c1cccc(OC)c1. The monoisotopic (exact) mass is 340 g/mol. The Kier molecular flexibility index (Phi) is 6.65. The smallest absolute Gasteiger partial charge is 0.128 e. The summed E-state index contributed by atoms with van der Waals surface area (Å²) in [5.41, 5.74) is 3.20. The van der Waals surface area contributed by atoms with Gasteiger partial charge < -0.3 is 14.2 Å². The van der Waals surface area contributed by atoms with Crippen LogP contribution in [0.5, 0.6) is 5.75 Å². The molecule has 0 radical (unpaired) electrons. The van der Waals surface area contributed by atoms with Crippen LogP contribution in [0.15, 0.2) is 60.2 Å². The molecule has 0 saturated heterocycles. The van der Waals surface area contributed by atoms with Crippen LogP contribution in [0.3, 0.4) is 0 Å². The van der Waals surface area contributed by atoms with Crippen LogP contribution in [0.4, 0.5) is 0 Å². The molecular weight excluding hydrogens is 312 g/mol. The zero-order valence-electron chi connectivity index (χ0n) is 15.8. The Labute approximate surface area is 151 Å². The second kappa shape index (κ2) is 8.72. The molecule has 0 fully saturated rings. The molecule has 0 aliphatic carbocycles. The maximum absolute atomic E-state index is 6.00. The highest BCUT2D eigenvalue weighted by molar-refractivity contribution is 5.65. The van der Waals surface area contributed by atoms with Gasteiger partial charge in [-0.1, -0.05) is 63.2 Å². The van der Waals surface area contributed by atoms with Crippen molar-refractivity contribution in [2.24, 2.45) is 5.41 Å². The number of rotatable bonds is 7. The molecule has 0 saturated carbocycles. The third-order valence-electron chi connectivity index (χ3n) is 4.07. The summed E-state index contributed by atoms with van der Waals surface area (Å²) in [5.74, 6) is 1.66. The van der Waals surface area contributed by atoms with Crippen molar-refractivity contribution >= 4 is 5.76 Å². The van der Waals surface area contributed by atoms with E-state index >= 15 is 0 Å². The van der Waals surface area contributed by atoms with E-state index in [2.05, 4.69) is 32.9 Å². The maximum Gasteiger partial charge on any atom is 0.128 e. The predicted molar refractivity (Wildman–Crippen MR) is 102 cm³/mol. The van der Waals surface area contributed by atoms with Crippen LogP contribution in [0.2, 0.25) is 0 Å². The first-order chi connectivity index (χ1) is 12.0. The highest BCUT2D eigenvalue weighted by Crippen LogP contribution is 2.34. The van der Waals surface area contributed by atoms with Crippen molar-refractivity contribution < 1.29 is 14.2 Å². The molecule has 25 heavy (non-hydrogen) atoms. The molecule has 134 valence electrons.